The third-order valence-electron chi connectivity index (χ3n) is 4.18. The number of aryl methyl sites for hydroxylation is 2. The fraction of sp³-hybridized carbons (Fsp3) is 0.211. The molecule has 29 heavy (non-hydrogen) atoms. The molecule has 1 amide bonds. The Morgan fingerprint density at radius 3 is 2.55 bits per heavy atom. The SMILES string of the molecule is Cc1nn(CCC(=O)Oc2ccc(NC(=O)c3ccsc3)cc2)c(C)c1[N+](=O)[O-]. The molecule has 0 saturated heterocycles. The lowest BCUT2D eigenvalue weighted by atomic mass is 10.2. The molecule has 0 aliphatic rings. The Bertz CT molecular complexity index is 1040. The summed E-state index contributed by atoms with van der Waals surface area (Å²) < 4.78 is 6.70. The zero-order valence-electron chi connectivity index (χ0n) is 15.7. The Hall–Kier alpha value is -3.53. The Kier molecular flexibility index (Phi) is 6.03. The van der Waals surface area contributed by atoms with E-state index in [9.17, 15) is 19.7 Å². The number of hydrogen-bond donors (Lipinski definition) is 1. The van der Waals surface area contributed by atoms with Crippen LogP contribution in [0.4, 0.5) is 11.4 Å². The topological polar surface area (TPSA) is 116 Å². The van der Waals surface area contributed by atoms with Crippen LogP contribution < -0.4 is 10.1 Å². The van der Waals surface area contributed by atoms with Crippen LogP contribution in [0.5, 0.6) is 5.75 Å². The summed E-state index contributed by atoms with van der Waals surface area (Å²) in [6, 6.07) is 8.16. The zero-order chi connectivity index (χ0) is 21.0. The van der Waals surface area contributed by atoms with Gasteiger partial charge in [0.1, 0.15) is 17.1 Å². The van der Waals surface area contributed by atoms with Gasteiger partial charge in [0.2, 0.25) is 0 Å². The third-order valence-corrected chi connectivity index (χ3v) is 4.86. The summed E-state index contributed by atoms with van der Waals surface area (Å²) >= 11 is 1.44. The van der Waals surface area contributed by atoms with E-state index in [0.29, 0.717) is 28.4 Å². The summed E-state index contributed by atoms with van der Waals surface area (Å²) in [7, 11) is 0. The smallest absolute Gasteiger partial charge is 0.313 e. The first kappa shape index (κ1) is 20.2. The van der Waals surface area contributed by atoms with Crippen molar-refractivity contribution < 1.29 is 19.2 Å². The summed E-state index contributed by atoms with van der Waals surface area (Å²) in [4.78, 5) is 34.6. The second-order valence-electron chi connectivity index (χ2n) is 6.21. The van der Waals surface area contributed by atoms with E-state index in [0.717, 1.165) is 0 Å². The largest absolute Gasteiger partial charge is 0.426 e. The number of ether oxygens (including phenoxy) is 1. The quantitative estimate of drug-likeness (QED) is 0.273. The molecule has 3 rings (SSSR count). The molecule has 0 aliphatic heterocycles. The van der Waals surface area contributed by atoms with E-state index < -0.39 is 10.9 Å². The van der Waals surface area contributed by atoms with Crippen molar-refractivity contribution in [3.05, 3.63) is 68.2 Å². The highest BCUT2D eigenvalue weighted by atomic mass is 32.1. The number of esters is 1. The van der Waals surface area contributed by atoms with Crippen LogP contribution in [-0.2, 0) is 11.3 Å². The number of anilines is 1. The molecule has 2 heterocycles. The number of benzene rings is 1. The van der Waals surface area contributed by atoms with Crippen LogP contribution in [0.1, 0.15) is 28.2 Å². The molecule has 1 N–H and O–H groups in total. The van der Waals surface area contributed by atoms with Crippen LogP contribution in [-0.4, -0.2) is 26.6 Å². The van der Waals surface area contributed by atoms with Gasteiger partial charge < -0.3 is 10.1 Å². The van der Waals surface area contributed by atoms with Crippen LogP contribution in [0.15, 0.2) is 41.1 Å². The van der Waals surface area contributed by atoms with E-state index in [-0.39, 0.29) is 24.6 Å². The van der Waals surface area contributed by atoms with Crippen LogP contribution >= 0.6 is 11.3 Å². The molecule has 0 spiro atoms. The third kappa shape index (κ3) is 4.85. The monoisotopic (exact) mass is 414 g/mol. The molecule has 9 nitrogen and oxygen atoms in total. The Morgan fingerprint density at radius 1 is 1.24 bits per heavy atom. The number of carbonyl (C=O) groups is 2. The maximum Gasteiger partial charge on any atom is 0.313 e. The van der Waals surface area contributed by atoms with Gasteiger partial charge in [-0.2, -0.15) is 16.4 Å². The van der Waals surface area contributed by atoms with Crippen molar-refractivity contribution in [2.75, 3.05) is 5.32 Å². The van der Waals surface area contributed by atoms with Crippen molar-refractivity contribution in [3.8, 4) is 5.75 Å². The maximum atomic E-state index is 12.1. The van der Waals surface area contributed by atoms with E-state index in [2.05, 4.69) is 10.4 Å². The standard InChI is InChI=1S/C19H18N4O5S/c1-12-18(23(26)27)13(2)22(21-12)9-7-17(24)28-16-5-3-15(4-6-16)20-19(25)14-8-10-29-11-14/h3-6,8,10-11H,7,9H2,1-2H3,(H,20,25). The summed E-state index contributed by atoms with van der Waals surface area (Å²) in [5, 5.41) is 21.5. The first-order valence-corrected chi connectivity index (χ1v) is 9.62. The molecule has 0 bridgehead atoms. The first-order chi connectivity index (χ1) is 13.8. The number of nitro groups is 1. The molecule has 10 heteroatoms. The molecule has 0 atom stereocenters. The van der Waals surface area contributed by atoms with Crippen molar-refractivity contribution in [1.82, 2.24) is 9.78 Å². The molecule has 150 valence electrons. The highest BCUT2D eigenvalue weighted by molar-refractivity contribution is 7.08. The van der Waals surface area contributed by atoms with Crippen LogP contribution in [0.2, 0.25) is 0 Å². The summed E-state index contributed by atoms with van der Waals surface area (Å²) in [6.07, 6.45) is 0.00968. The van der Waals surface area contributed by atoms with Crippen molar-refractivity contribution in [1.29, 1.82) is 0 Å². The van der Waals surface area contributed by atoms with Crippen molar-refractivity contribution in [3.63, 3.8) is 0 Å². The van der Waals surface area contributed by atoms with E-state index in [1.165, 1.54) is 16.0 Å². The molecule has 0 radical (unpaired) electrons. The lowest BCUT2D eigenvalue weighted by molar-refractivity contribution is -0.386. The highest BCUT2D eigenvalue weighted by Gasteiger charge is 2.22. The molecule has 0 unspecified atom stereocenters. The average molecular weight is 414 g/mol. The van der Waals surface area contributed by atoms with E-state index in [1.54, 1.807) is 49.6 Å². The fourth-order valence-electron chi connectivity index (χ4n) is 2.75. The number of aromatic nitrogens is 2. The Labute approximate surface area is 170 Å². The number of rotatable bonds is 7. The van der Waals surface area contributed by atoms with Gasteiger partial charge in [0, 0.05) is 11.1 Å². The molecule has 0 saturated carbocycles. The van der Waals surface area contributed by atoms with E-state index in [1.807, 2.05) is 5.38 Å². The number of nitrogens with zero attached hydrogens (tertiary/aromatic N) is 3. The number of thiophene rings is 1. The van der Waals surface area contributed by atoms with Gasteiger partial charge in [-0.1, -0.05) is 0 Å². The molecular weight excluding hydrogens is 396 g/mol. The second-order valence-corrected chi connectivity index (χ2v) is 6.99. The molecular formula is C19H18N4O5S. The van der Waals surface area contributed by atoms with Gasteiger partial charge in [-0.05, 0) is 49.6 Å². The van der Waals surface area contributed by atoms with Crippen LogP contribution in [0, 0.1) is 24.0 Å². The number of carbonyl (C=O) groups excluding carboxylic acids is 2. The number of nitrogens with one attached hydrogen (secondary N) is 1. The average Bonchev–Trinajstić information content (AvgIpc) is 3.30. The molecule has 0 aliphatic carbocycles. The van der Waals surface area contributed by atoms with Crippen molar-refractivity contribution in [2.45, 2.75) is 26.8 Å². The van der Waals surface area contributed by atoms with Gasteiger partial charge in [0.15, 0.2) is 0 Å². The lowest BCUT2D eigenvalue weighted by Gasteiger charge is -2.07. The molecule has 2 aromatic heterocycles. The predicted molar refractivity (Wildman–Crippen MR) is 107 cm³/mol. The van der Waals surface area contributed by atoms with Gasteiger partial charge in [-0.3, -0.25) is 24.4 Å². The highest BCUT2D eigenvalue weighted by Crippen LogP contribution is 2.22. The number of hydrogen-bond acceptors (Lipinski definition) is 7. The van der Waals surface area contributed by atoms with E-state index >= 15 is 0 Å². The Balaban J connectivity index is 1.54. The van der Waals surface area contributed by atoms with Crippen molar-refractivity contribution in [2.24, 2.45) is 0 Å². The van der Waals surface area contributed by atoms with Gasteiger partial charge >= 0.3 is 11.7 Å². The number of amides is 1. The van der Waals surface area contributed by atoms with Gasteiger partial charge in [-0.25, -0.2) is 0 Å². The summed E-state index contributed by atoms with van der Waals surface area (Å²) in [5.41, 5.74) is 1.82. The van der Waals surface area contributed by atoms with E-state index in [4.69, 9.17) is 4.74 Å². The normalized spacial score (nSPS) is 10.6. The van der Waals surface area contributed by atoms with Gasteiger partial charge in [0.25, 0.3) is 5.91 Å². The predicted octanol–water partition coefficient (Wildman–Crippen LogP) is 3.72. The Morgan fingerprint density at radius 2 is 1.97 bits per heavy atom. The minimum Gasteiger partial charge on any atom is -0.426 e. The maximum absolute atomic E-state index is 12.1. The zero-order valence-corrected chi connectivity index (χ0v) is 16.6. The molecule has 0 fully saturated rings. The van der Waals surface area contributed by atoms with Gasteiger partial charge in [0.05, 0.1) is 23.5 Å². The first-order valence-electron chi connectivity index (χ1n) is 8.68. The minimum atomic E-state index is -0.490. The fourth-order valence-corrected chi connectivity index (χ4v) is 3.39. The van der Waals surface area contributed by atoms with Crippen molar-refractivity contribution >= 4 is 34.6 Å². The molecule has 3 aromatic rings. The minimum absolute atomic E-state index is 0.00968. The van der Waals surface area contributed by atoms with Crippen LogP contribution in [0.3, 0.4) is 0 Å². The van der Waals surface area contributed by atoms with Gasteiger partial charge in [-0.15, -0.1) is 0 Å². The lowest BCUT2D eigenvalue weighted by Crippen LogP contribution is -2.14. The molecule has 1 aromatic carbocycles. The summed E-state index contributed by atoms with van der Waals surface area (Å²) in [5.74, 6) is -0.367. The van der Waals surface area contributed by atoms with Crippen LogP contribution in [0.25, 0.3) is 0 Å². The second kappa shape index (κ2) is 8.65. The summed E-state index contributed by atoms with van der Waals surface area (Å²) in [6.45, 7) is 3.32.